The zero-order chi connectivity index (χ0) is 13.7. The highest BCUT2D eigenvalue weighted by molar-refractivity contribution is 6.05. The fourth-order valence-corrected chi connectivity index (χ4v) is 1.86. The van der Waals surface area contributed by atoms with E-state index >= 15 is 0 Å². The van der Waals surface area contributed by atoms with E-state index in [0.717, 1.165) is 12.1 Å². The first-order chi connectivity index (χ1) is 9.22. The standard InChI is InChI=1S/C15H18N2O2/c1-12-3-5-14(6-4-12)17(9-2-8-16)15(18)13-7-10-19-11-13/h3-7,10-11H,2,8-9,16H2,1H3. The Morgan fingerprint density at radius 3 is 2.58 bits per heavy atom. The molecule has 0 unspecified atom stereocenters. The predicted molar refractivity (Wildman–Crippen MR) is 75.2 cm³/mol. The number of nitrogens with two attached hydrogens (primary N) is 1. The van der Waals surface area contributed by atoms with E-state index in [0.29, 0.717) is 18.7 Å². The molecule has 19 heavy (non-hydrogen) atoms. The maximum Gasteiger partial charge on any atom is 0.261 e. The normalized spacial score (nSPS) is 10.4. The Balaban J connectivity index is 2.25. The third-order valence-corrected chi connectivity index (χ3v) is 2.94. The van der Waals surface area contributed by atoms with Crippen molar-refractivity contribution in [3.05, 3.63) is 54.0 Å². The van der Waals surface area contributed by atoms with Gasteiger partial charge in [-0.15, -0.1) is 0 Å². The molecule has 0 saturated carbocycles. The van der Waals surface area contributed by atoms with Crippen molar-refractivity contribution in [1.29, 1.82) is 0 Å². The minimum Gasteiger partial charge on any atom is -0.472 e. The number of furan rings is 1. The number of carbonyl (C=O) groups excluding carboxylic acids is 1. The van der Waals surface area contributed by atoms with Gasteiger partial charge in [0.25, 0.3) is 5.91 Å². The van der Waals surface area contributed by atoms with Gasteiger partial charge in [-0.25, -0.2) is 0 Å². The highest BCUT2D eigenvalue weighted by atomic mass is 16.3. The molecule has 1 amide bonds. The number of hydrogen-bond acceptors (Lipinski definition) is 3. The van der Waals surface area contributed by atoms with E-state index in [4.69, 9.17) is 10.2 Å². The van der Waals surface area contributed by atoms with Crippen LogP contribution in [-0.4, -0.2) is 19.0 Å². The summed E-state index contributed by atoms with van der Waals surface area (Å²) in [5, 5.41) is 0. The molecule has 2 N–H and O–H groups in total. The quantitative estimate of drug-likeness (QED) is 0.896. The molecule has 1 aromatic carbocycles. The van der Waals surface area contributed by atoms with Crippen LogP contribution in [0, 0.1) is 6.92 Å². The molecular weight excluding hydrogens is 240 g/mol. The molecule has 0 atom stereocenters. The maximum absolute atomic E-state index is 12.4. The van der Waals surface area contributed by atoms with E-state index in [-0.39, 0.29) is 5.91 Å². The summed E-state index contributed by atoms with van der Waals surface area (Å²) in [5.74, 6) is -0.0638. The summed E-state index contributed by atoms with van der Waals surface area (Å²) < 4.78 is 4.97. The van der Waals surface area contributed by atoms with Gasteiger partial charge in [-0.2, -0.15) is 0 Å². The van der Waals surface area contributed by atoms with Crippen LogP contribution in [0.5, 0.6) is 0 Å². The van der Waals surface area contributed by atoms with E-state index in [1.807, 2.05) is 31.2 Å². The van der Waals surface area contributed by atoms with Crippen molar-refractivity contribution in [3.8, 4) is 0 Å². The van der Waals surface area contributed by atoms with Gasteiger partial charge in [-0.1, -0.05) is 17.7 Å². The average molecular weight is 258 g/mol. The number of carbonyl (C=O) groups is 1. The lowest BCUT2D eigenvalue weighted by molar-refractivity contribution is 0.0986. The molecular formula is C15H18N2O2. The lowest BCUT2D eigenvalue weighted by atomic mass is 10.2. The third kappa shape index (κ3) is 3.23. The molecule has 2 rings (SSSR count). The van der Waals surface area contributed by atoms with Gasteiger partial charge >= 0.3 is 0 Å². The van der Waals surface area contributed by atoms with E-state index < -0.39 is 0 Å². The summed E-state index contributed by atoms with van der Waals surface area (Å²) in [5.41, 5.74) is 8.14. The highest BCUT2D eigenvalue weighted by Gasteiger charge is 2.17. The van der Waals surface area contributed by atoms with Gasteiger partial charge in [-0.05, 0) is 38.1 Å². The van der Waals surface area contributed by atoms with Crippen LogP contribution in [0.1, 0.15) is 22.3 Å². The number of rotatable bonds is 5. The largest absolute Gasteiger partial charge is 0.472 e. The molecule has 100 valence electrons. The van der Waals surface area contributed by atoms with Gasteiger partial charge in [0.15, 0.2) is 0 Å². The maximum atomic E-state index is 12.4. The predicted octanol–water partition coefficient (Wildman–Crippen LogP) is 2.58. The molecule has 0 aliphatic rings. The second kappa shape index (κ2) is 6.20. The minimum absolute atomic E-state index is 0.0638. The van der Waals surface area contributed by atoms with Crippen LogP contribution in [0.3, 0.4) is 0 Å². The Morgan fingerprint density at radius 1 is 1.26 bits per heavy atom. The van der Waals surface area contributed by atoms with Crippen molar-refractivity contribution in [2.75, 3.05) is 18.0 Å². The molecule has 4 nitrogen and oxygen atoms in total. The number of amides is 1. The van der Waals surface area contributed by atoms with Gasteiger partial charge in [0.1, 0.15) is 6.26 Å². The zero-order valence-corrected chi connectivity index (χ0v) is 11.0. The molecule has 0 aliphatic heterocycles. The van der Waals surface area contributed by atoms with Crippen LogP contribution in [0.15, 0.2) is 47.3 Å². The van der Waals surface area contributed by atoms with Crippen LogP contribution >= 0.6 is 0 Å². The molecule has 0 spiro atoms. The molecule has 2 aromatic rings. The molecule has 0 saturated heterocycles. The lowest BCUT2D eigenvalue weighted by Crippen LogP contribution is -2.32. The third-order valence-electron chi connectivity index (χ3n) is 2.94. The van der Waals surface area contributed by atoms with Crippen LogP contribution in [0.4, 0.5) is 5.69 Å². The molecule has 1 heterocycles. The highest BCUT2D eigenvalue weighted by Crippen LogP contribution is 2.18. The Bertz CT molecular complexity index is 518. The van der Waals surface area contributed by atoms with Gasteiger partial charge in [0.2, 0.25) is 0 Å². The van der Waals surface area contributed by atoms with E-state index in [2.05, 4.69) is 0 Å². The number of benzene rings is 1. The van der Waals surface area contributed by atoms with Crippen molar-refractivity contribution >= 4 is 11.6 Å². The Hall–Kier alpha value is -2.07. The first-order valence-electron chi connectivity index (χ1n) is 6.33. The van der Waals surface area contributed by atoms with Crippen molar-refractivity contribution in [3.63, 3.8) is 0 Å². The molecule has 0 fully saturated rings. The fourth-order valence-electron chi connectivity index (χ4n) is 1.86. The van der Waals surface area contributed by atoms with Crippen LogP contribution in [0.2, 0.25) is 0 Å². The number of hydrogen-bond donors (Lipinski definition) is 1. The molecule has 0 radical (unpaired) electrons. The summed E-state index contributed by atoms with van der Waals surface area (Å²) in [7, 11) is 0. The van der Waals surface area contributed by atoms with Crippen LogP contribution in [0.25, 0.3) is 0 Å². The number of nitrogens with zero attached hydrogens (tertiary/aromatic N) is 1. The summed E-state index contributed by atoms with van der Waals surface area (Å²) in [6, 6.07) is 9.56. The van der Waals surface area contributed by atoms with E-state index in [1.54, 1.807) is 11.0 Å². The van der Waals surface area contributed by atoms with Gasteiger partial charge in [0.05, 0.1) is 11.8 Å². The summed E-state index contributed by atoms with van der Waals surface area (Å²) in [6.45, 7) is 3.18. The second-order valence-electron chi connectivity index (χ2n) is 4.45. The molecule has 0 aliphatic carbocycles. The topological polar surface area (TPSA) is 59.5 Å². The van der Waals surface area contributed by atoms with Gasteiger partial charge in [-0.3, -0.25) is 4.79 Å². The number of anilines is 1. The lowest BCUT2D eigenvalue weighted by Gasteiger charge is -2.22. The summed E-state index contributed by atoms with van der Waals surface area (Å²) >= 11 is 0. The summed E-state index contributed by atoms with van der Waals surface area (Å²) in [4.78, 5) is 14.2. The average Bonchev–Trinajstić information content (AvgIpc) is 2.95. The van der Waals surface area contributed by atoms with Gasteiger partial charge in [0, 0.05) is 12.2 Å². The first kappa shape index (κ1) is 13.4. The summed E-state index contributed by atoms with van der Waals surface area (Å²) in [6.07, 6.45) is 3.73. The fraction of sp³-hybridized carbons (Fsp3) is 0.267. The van der Waals surface area contributed by atoms with E-state index in [1.165, 1.54) is 18.1 Å². The monoisotopic (exact) mass is 258 g/mol. The van der Waals surface area contributed by atoms with Gasteiger partial charge < -0.3 is 15.1 Å². The van der Waals surface area contributed by atoms with Crippen molar-refractivity contribution in [1.82, 2.24) is 0 Å². The van der Waals surface area contributed by atoms with E-state index in [9.17, 15) is 4.79 Å². The Labute approximate surface area is 112 Å². The van der Waals surface area contributed by atoms with Crippen molar-refractivity contribution < 1.29 is 9.21 Å². The van der Waals surface area contributed by atoms with Crippen molar-refractivity contribution in [2.45, 2.75) is 13.3 Å². The molecule has 4 heteroatoms. The van der Waals surface area contributed by atoms with Crippen LogP contribution < -0.4 is 10.6 Å². The molecule has 1 aromatic heterocycles. The zero-order valence-electron chi connectivity index (χ0n) is 11.0. The van der Waals surface area contributed by atoms with Crippen molar-refractivity contribution in [2.24, 2.45) is 5.73 Å². The minimum atomic E-state index is -0.0638. The SMILES string of the molecule is Cc1ccc(N(CCCN)C(=O)c2ccoc2)cc1. The smallest absolute Gasteiger partial charge is 0.261 e. The Kier molecular flexibility index (Phi) is 4.36. The molecule has 0 bridgehead atoms. The number of aryl methyl sites for hydroxylation is 1. The van der Waals surface area contributed by atoms with Crippen LogP contribution in [-0.2, 0) is 0 Å². The second-order valence-corrected chi connectivity index (χ2v) is 4.45. The Morgan fingerprint density at radius 2 is 2.00 bits per heavy atom. The first-order valence-corrected chi connectivity index (χ1v) is 6.33.